The van der Waals surface area contributed by atoms with Crippen LogP contribution < -0.4 is 5.32 Å². The number of carbonyl (C=O) groups excluding carboxylic acids is 1. The van der Waals surface area contributed by atoms with E-state index in [4.69, 9.17) is 0 Å². The summed E-state index contributed by atoms with van der Waals surface area (Å²) < 4.78 is 1.01. The van der Waals surface area contributed by atoms with Gasteiger partial charge in [-0.2, -0.15) is 0 Å². The molecule has 0 radical (unpaired) electrons. The second-order valence-electron chi connectivity index (χ2n) is 5.44. The average Bonchev–Trinajstić information content (AvgIpc) is 2.81. The molecule has 0 heterocycles. The van der Waals surface area contributed by atoms with Gasteiger partial charge < -0.3 is 5.32 Å². The summed E-state index contributed by atoms with van der Waals surface area (Å²) in [5.41, 5.74) is 0. The van der Waals surface area contributed by atoms with Crippen LogP contribution in [0.25, 0.3) is 0 Å². The number of nitrogens with one attached hydrogen (secondary N) is 1. The average molecular weight is 321 g/mol. The minimum Gasteiger partial charge on any atom is -0.352 e. The van der Waals surface area contributed by atoms with Crippen molar-refractivity contribution in [1.29, 1.82) is 0 Å². The Morgan fingerprint density at radius 2 is 1.93 bits per heavy atom. The Balaban J connectivity index is 1.80. The summed E-state index contributed by atoms with van der Waals surface area (Å²) in [7, 11) is 0. The van der Waals surface area contributed by atoms with Crippen LogP contribution >= 0.6 is 22.6 Å². The predicted molar refractivity (Wildman–Crippen MR) is 70.0 cm³/mol. The maximum absolute atomic E-state index is 12.0. The SMILES string of the molecule is CC(C)C(CI)NC(=O)C1CC2CC2C1. The first kappa shape index (κ1) is 11.7. The minimum absolute atomic E-state index is 0.317. The van der Waals surface area contributed by atoms with E-state index in [1.54, 1.807) is 0 Å². The number of halogens is 1. The van der Waals surface area contributed by atoms with Gasteiger partial charge in [0, 0.05) is 16.4 Å². The monoisotopic (exact) mass is 321 g/mol. The highest BCUT2D eigenvalue weighted by molar-refractivity contribution is 14.1. The number of amides is 1. The van der Waals surface area contributed by atoms with E-state index >= 15 is 0 Å². The van der Waals surface area contributed by atoms with Crippen molar-refractivity contribution < 1.29 is 4.79 Å². The van der Waals surface area contributed by atoms with Gasteiger partial charge in [-0.1, -0.05) is 36.4 Å². The van der Waals surface area contributed by atoms with Gasteiger partial charge in [0.15, 0.2) is 0 Å². The van der Waals surface area contributed by atoms with Crippen molar-refractivity contribution in [2.75, 3.05) is 4.43 Å². The van der Waals surface area contributed by atoms with Crippen molar-refractivity contribution in [1.82, 2.24) is 5.32 Å². The first-order valence-corrected chi connectivity index (χ1v) is 7.50. The maximum atomic E-state index is 12.0. The van der Waals surface area contributed by atoms with Gasteiger partial charge in [0.05, 0.1) is 0 Å². The molecule has 2 saturated carbocycles. The second kappa shape index (κ2) is 4.60. The second-order valence-corrected chi connectivity index (χ2v) is 6.32. The Labute approximate surface area is 106 Å². The Kier molecular flexibility index (Phi) is 3.58. The lowest BCUT2D eigenvalue weighted by Gasteiger charge is -2.22. The third kappa shape index (κ3) is 2.66. The van der Waals surface area contributed by atoms with Gasteiger partial charge in [-0.05, 0) is 37.0 Å². The zero-order valence-electron chi connectivity index (χ0n) is 9.50. The Bertz CT molecular complexity index is 244. The number of alkyl halides is 1. The van der Waals surface area contributed by atoms with Gasteiger partial charge >= 0.3 is 0 Å². The van der Waals surface area contributed by atoms with Crippen molar-refractivity contribution in [3.63, 3.8) is 0 Å². The summed E-state index contributed by atoms with van der Waals surface area (Å²) >= 11 is 2.36. The maximum Gasteiger partial charge on any atom is 0.223 e. The van der Waals surface area contributed by atoms with Crippen LogP contribution in [0, 0.1) is 23.7 Å². The highest BCUT2D eigenvalue weighted by Crippen LogP contribution is 2.54. The number of hydrogen-bond donors (Lipinski definition) is 1. The van der Waals surface area contributed by atoms with E-state index in [1.807, 2.05) is 0 Å². The zero-order valence-corrected chi connectivity index (χ0v) is 11.7. The molecule has 0 aliphatic heterocycles. The van der Waals surface area contributed by atoms with Crippen molar-refractivity contribution >= 4 is 28.5 Å². The smallest absolute Gasteiger partial charge is 0.223 e. The van der Waals surface area contributed by atoms with Gasteiger partial charge in [-0.3, -0.25) is 4.79 Å². The number of rotatable bonds is 4. The minimum atomic E-state index is 0.317. The van der Waals surface area contributed by atoms with E-state index < -0.39 is 0 Å². The van der Waals surface area contributed by atoms with E-state index in [1.165, 1.54) is 6.42 Å². The third-order valence-electron chi connectivity index (χ3n) is 3.91. The molecule has 2 rings (SSSR count). The molecule has 3 heteroatoms. The highest BCUT2D eigenvalue weighted by atomic mass is 127. The van der Waals surface area contributed by atoms with Gasteiger partial charge in [-0.25, -0.2) is 0 Å². The van der Waals surface area contributed by atoms with Crippen LogP contribution in [-0.4, -0.2) is 16.4 Å². The molecule has 0 saturated heterocycles. The molecule has 15 heavy (non-hydrogen) atoms. The van der Waals surface area contributed by atoms with Gasteiger partial charge in [0.2, 0.25) is 5.91 Å². The van der Waals surface area contributed by atoms with Gasteiger partial charge in [-0.15, -0.1) is 0 Å². The lowest BCUT2D eigenvalue weighted by molar-refractivity contribution is -0.125. The van der Waals surface area contributed by atoms with Crippen molar-refractivity contribution in [2.45, 2.75) is 39.2 Å². The van der Waals surface area contributed by atoms with Crippen LogP contribution in [0.15, 0.2) is 0 Å². The molecule has 2 aliphatic carbocycles. The molecule has 0 aromatic heterocycles. The van der Waals surface area contributed by atoms with Crippen LogP contribution in [-0.2, 0) is 4.79 Å². The summed E-state index contributed by atoms with van der Waals surface area (Å²) in [4.78, 5) is 12.0. The molecule has 0 spiro atoms. The molecule has 86 valence electrons. The highest BCUT2D eigenvalue weighted by Gasteiger charge is 2.48. The molecule has 2 nitrogen and oxygen atoms in total. The summed E-state index contributed by atoms with van der Waals surface area (Å²) in [5, 5.41) is 3.20. The van der Waals surface area contributed by atoms with E-state index in [-0.39, 0.29) is 0 Å². The Hall–Kier alpha value is 0.200. The predicted octanol–water partition coefficient (Wildman–Crippen LogP) is 2.61. The van der Waals surface area contributed by atoms with Crippen LogP contribution in [0.2, 0.25) is 0 Å². The van der Waals surface area contributed by atoms with Crippen LogP contribution in [0.1, 0.15) is 33.1 Å². The van der Waals surface area contributed by atoms with Gasteiger partial charge in [0.1, 0.15) is 0 Å². The lowest BCUT2D eigenvalue weighted by Crippen LogP contribution is -2.42. The normalized spacial score (nSPS) is 35.1. The molecular weight excluding hydrogens is 301 g/mol. The first-order chi connectivity index (χ1) is 7.11. The Morgan fingerprint density at radius 3 is 2.40 bits per heavy atom. The molecule has 0 aromatic rings. The molecule has 3 atom stereocenters. The van der Waals surface area contributed by atoms with E-state index in [0.717, 1.165) is 29.1 Å². The molecular formula is C12H20INO. The fourth-order valence-electron chi connectivity index (χ4n) is 2.61. The zero-order chi connectivity index (χ0) is 11.0. The summed E-state index contributed by atoms with van der Waals surface area (Å²) in [6.45, 7) is 4.35. The van der Waals surface area contributed by atoms with E-state index in [0.29, 0.717) is 23.8 Å². The third-order valence-corrected chi connectivity index (χ3v) is 4.86. The summed E-state index contributed by atoms with van der Waals surface area (Å²) in [6, 6.07) is 0.357. The quantitative estimate of drug-likeness (QED) is 0.626. The molecule has 1 amide bonds. The van der Waals surface area contributed by atoms with Crippen LogP contribution in [0.4, 0.5) is 0 Å². The van der Waals surface area contributed by atoms with Crippen LogP contribution in [0.5, 0.6) is 0 Å². The molecule has 2 aliphatic rings. The first-order valence-electron chi connectivity index (χ1n) is 5.98. The molecule has 0 bridgehead atoms. The number of carbonyl (C=O) groups is 1. The summed E-state index contributed by atoms with van der Waals surface area (Å²) in [6.07, 6.45) is 3.70. The topological polar surface area (TPSA) is 29.1 Å². The molecule has 0 aromatic carbocycles. The molecule has 2 fully saturated rings. The van der Waals surface area contributed by atoms with Crippen molar-refractivity contribution in [2.24, 2.45) is 23.7 Å². The van der Waals surface area contributed by atoms with Crippen molar-refractivity contribution in [3.05, 3.63) is 0 Å². The molecule has 1 N–H and O–H groups in total. The fraction of sp³-hybridized carbons (Fsp3) is 0.917. The van der Waals surface area contributed by atoms with Gasteiger partial charge in [0.25, 0.3) is 0 Å². The Morgan fingerprint density at radius 1 is 1.33 bits per heavy atom. The fourth-order valence-corrected chi connectivity index (χ4v) is 3.85. The van der Waals surface area contributed by atoms with Crippen LogP contribution in [0.3, 0.4) is 0 Å². The lowest BCUT2D eigenvalue weighted by atomic mass is 10.0. The van der Waals surface area contributed by atoms with E-state index in [2.05, 4.69) is 41.8 Å². The summed E-state index contributed by atoms with van der Waals surface area (Å²) in [5.74, 6) is 2.99. The molecule has 3 unspecified atom stereocenters. The standard InChI is InChI=1S/C12H20INO/c1-7(2)11(6-13)14-12(15)10-4-8-3-9(8)5-10/h7-11H,3-6H2,1-2H3,(H,14,15). The van der Waals surface area contributed by atoms with Crippen molar-refractivity contribution in [3.8, 4) is 0 Å². The van der Waals surface area contributed by atoms with E-state index in [9.17, 15) is 4.79 Å². The number of fused-ring (bicyclic) bond motifs is 1. The number of hydrogen-bond acceptors (Lipinski definition) is 1. The largest absolute Gasteiger partial charge is 0.352 e.